The molecule has 78 valence electrons. The van der Waals surface area contributed by atoms with Crippen LogP contribution in [-0.4, -0.2) is 11.9 Å². The van der Waals surface area contributed by atoms with Crippen molar-refractivity contribution in [2.24, 2.45) is 0 Å². The van der Waals surface area contributed by atoms with E-state index in [0.717, 1.165) is 11.1 Å². The van der Waals surface area contributed by atoms with Crippen molar-refractivity contribution in [2.45, 2.75) is 25.7 Å². The summed E-state index contributed by atoms with van der Waals surface area (Å²) in [6, 6.07) is 7.59. The summed E-state index contributed by atoms with van der Waals surface area (Å²) in [5.41, 5.74) is 1.16. The first-order valence-corrected chi connectivity index (χ1v) is 4.84. The van der Waals surface area contributed by atoms with Crippen molar-refractivity contribution in [3.8, 4) is 0 Å². The topological polar surface area (TPSA) is 43.4 Å². The van der Waals surface area contributed by atoms with E-state index < -0.39 is 17.4 Å². The lowest BCUT2D eigenvalue weighted by atomic mass is 9.81. The number of hydrogen-bond donors (Lipinski definition) is 0. The van der Waals surface area contributed by atoms with E-state index in [0.29, 0.717) is 0 Å². The van der Waals surface area contributed by atoms with E-state index in [1.54, 1.807) is 6.92 Å². The monoisotopic (exact) mass is 204 g/mol. The molecule has 0 N–H and O–H groups in total. The van der Waals surface area contributed by atoms with Gasteiger partial charge in [0.15, 0.2) is 0 Å². The van der Waals surface area contributed by atoms with Gasteiger partial charge in [-0.2, -0.15) is 0 Å². The predicted molar refractivity (Wildman–Crippen MR) is 54.2 cm³/mol. The Hall–Kier alpha value is -1.64. The van der Waals surface area contributed by atoms with Crippen LogP contribution in [0.4, 0.5) is 0 Å². The summed E-state index contributed by atoms with van der Waals surface area (Å²) in [6.07, 6.45) is 0.134. The molecule has 0 spiro atoms. The fourth-order valence-electron chi connectivity index (χ4n) is 1.75. The van der Waals surface area contributed by atoms with Crippen LogP contribution in [0.1, 0.15) is 24.5 Å². The van der Waals surface area contributed by atoms with Crippen molar-refractivity contribution in [2.75, 3.05) is 0 Å². The summed E-state index contributed by atoms with van der Waals surface area (Å²) < 4.78 is 4.58. The van der Waals surface area contributed by atoms with Gasteiger partial charge >= 0.3 is 11.9 Å². The number of ether oxygens (including phenoxy) is 1. The van der Waals surface area contributed by atoms with E-state index in [1.807, 2.05) is 31.2 Å². The number of rotatable bonds is 1. The molecule has 2 rings (SSSR count). The summed E-state index contributed by atoms with van der Waals surface area (Å²) in [5.74, 6) is -0.889. The normalized spacial score (nSPS) is 25.5. The highest BCUT2D eigenvalue weighted by Gasteiger charge is 2.46. The summed E-state index contributed by atoms with van der Waals surface area (Å²) in [5, 5.41) is 0. The van der Waals surface area contributed by atoms with Crippen molar-refractivity contribution in [1.29, 1.82) is 0 Å². The highest BCUT2D eigenvalue weighted by Crippen LogP contribution is 2.34. The fraction of sp³-hybridized carbons (Fsp3) is 0.333. The number of aryl methyl sites for hydroxylation is 1. The molecular formula is C12H12O3. The smallest absolute Gasteiger partial charge is 0.324 e. The summed E-state index contributed by atoms with van der Waals surface area (Å²) in [7, 11) is 0. The van der Waals surface area contributed by atoms with E-state index in [1.165, 1.54) is 0 Å². The Balaban J connectivity index is 2.41. The lowest BCUT2D eigenvalue weighted by Crippen LogP contribution is -2.27. The van der Waals surface area contributed by atoms with E-state index in [4.69, 9.17) is 0 Å². The van der Waals surface area contributed by atoms with Gasteiger partial charge in [-0.25, -0.2) is 0 Å². The Morgan fingerprint density at radius 2 is 1.80 bits per heavy atom. The molecule has 1 heterocycles. The van der Waals surface area contributed by atoms with Gasteiger partial charge in [0.25, 0.3) is 0 Å². The highest BCUT2D eigenvalue weighted by atomic mass is 16.6. The second-order valence-electron chi connectivity index (χ2n) is 4.14. The Bertz CT molecular complexity index is 419. The van der Waals surface area contributed by atoms with Crippen LogP contribution in [0.2, 0.25) is 0 Å². The van der Waals surface area contributed by atoms with Gasteiger partial charge in [-0.15, -0.1) is 0 Å². The van der Waals surface area contributed by atoms with Crippen LogP contribution in [0.5, 0.6) is 0 Å². The van der Waals surface area contributed by atoms with Crippen LogP contribution in [0.25, 0.3) is 0 Å². The van der Waals surface area contributed by atoms with Crippen LogP contribution in [0.15, 0.2) is 24.3 Å². The molecule has 0 bridgehead atoms. The van der Waals surface area contributed by atoms with Gasteiger partial charge in [0.05, 0.1) is 6.42 Å². The van der Waals surface area contributed by atoms with Crippen LogP contribution in [0.3, 0.4) is 0 Å². The molecule has 1 saturated heterocycles. The van der Waals surface area contributed by atoms with Crippen LogP contribution >= 0.6 is 0 Å². The zero-order valence-electron chi connectivity index (χ0n) is 8.74. The Morgan fingerprint density at radius 1 is 1.20 bits per heavy atom. The number of esters is 2. The maximum Gasteiger partial charge on any atom is 0.324 e. The van der Waals surface area contributed by atoms with Crippen LogP contribution < -0.4 is 0 Å². The molecule has 0 amide bonds. The molecule has 0 aromatic heterocycles. The SMILES string of the molecule is Cc1ccc([C@]2(C)CC(=O)OC2=O)cc1. The molecule has 1 aromatic rings. The first-order chi connectivity index (χ1) is 7.02. The molecule has 0 aliphatic carbocycles. The molecule has 3 nitrogen and oxygen atoms in total. The van der Waals surface area contributed by atoms with Crippen molar-refractivity contribution < 1.29 is 14.3 Å². The molecule has 1 aliphatic heterocycles. The molecular weight excluding hydrogens is 192 g/mol. The maximum atomic E-state index is 11.5. The number of cyclic esters (lactones) is 2. The zero-order chi connectivity index (χ0) is 11.1. The van der Waals surface area contributed by atoms with E-state index >= 15 is 0 Å². The average Bonchev–Trinajstić information content (AvgIpc) is 2.42. The predicted octanol–water partition coefficient (Wildman–Crippen LogP) is 1.73. The minimum atomic E-state index is -0.801. The number of carbonyl (C=O) groups excluding carboxylic acids is 2. The standard InChI is InChI=1S/C12H12O3/c1-8-3-5-9(6-4-8)12(2)7-10(13)15-11(12)14/h3-6H,7H2,1-2H3/t12-/m0/s1. The Morgan fingerprint density at radius 3 is 2.27 bits per heavy atom. The van der Waals surface area contributed by atoms with Crippen molar-refractivity contribution in [1.82, 2.24) is 0 Å². The average molecular weight is 204 g/mol. The molecule has 1 aromatic carbocycles. The second-order valence-corrected chi connectivity index (χ2v) is 4.14. The zero-order valence-corrected chi connectivity index (χ0v) is 8.74. The summed E-state index contributed by atoms with van der Waals surface area (Å²) in [4.78, 5) is 22.6. The molecule has 0 saturated carbocycles. The van der Waals surface area contributed by atoms with Crippen molar-refractivity contribution >= 4 is 11.9 Å². The lowest BCUT2D eigenvalue weighted by Gasteiger charge is -2.18. The van der Waals surface area contributed by atoms with Gasteiger partial charge in [0, 0.05) is 0 Å². The largest absolute Gasteiger partial charge is 0.392 e. The quantitative estimate of drug-likeness (QED) is 0.516. The van der Waals surface area contributed by atoms with Gasteiger partial charge in [-0.05, 0) is 19.4 Å². The molecule has 3 heteroatoms. The summed E-state index contributed by atoms with van der Waals surface area (Å²) >= 11 is 0. The van der Waals surface area contributed by atoms with Gasteiger partial charge in [0.1, 0.15) is 5.41 Å². The Labute approximate surface area is 88.1 Å². The minimum Gasteiger partial charge on any atom is -0.392 e. The highest BCUT2D eigenvalue weighted by molar-refractivity contribution is 6.00. The van der Waals surface area contributed by atoms with Gasteiger partial charge < -0.3 is 4.74 Å². The molecule has 1 fully saturated rings. The lowest BCUT2D eigenvalue weighted by molar-refractivity contribution is -0.153. The fourth-order valence-corrected chi connectivity index (χ4v) is 1.75. The van der Waals surface area contributed by atoms with Crippen LogP contribution in [0, 0.1) is 6.92 Å². The molecule has 0 radical (unpaired) electrons. The van der Waals surface area contributed by atoms with Crippen LogP contribution in [-0.2, 0) is 19.7 Å². The third-order valence-corrected chi connectivity index (χ3v) is 2.84. The van der Waals surface area contributed by atoms with Gasteiger partial charge in [-0.1, -0.05) is 29.8 Å². The number of hydrogen-bond acceptors (Lipinski definition) is 3. The molecule has 15 heavy (non-hydrogen) atoms. The molecule has 0 unspecified atom stereocenters. The first kappa shape index (κ1) is 9.90. The van der Waals surface area contributed by atoms with Gasteiger partial charge in [0.2, 0.25) is 0 Å². The number of benzene rings is 1. The van der Waals surface area contributed by atoms with Crippen molar-refractivity contribution in [3.05, 3.63) is 35.4 Å². The maximum absolute atomic E-state index is 11.5. The minimum absolute atomic E-state index is 0.134. The summed E-state index contributed by atoms with van der Waals surface area (Å²) in [6.45, 7) is 3.72. The van der Waals surface area contributed by atoms with Crippen molar-refractivity contribution in [3.63, 3.8) is 0 Å². The Kier molecular flexibility index (Phi) is 2.11. The third-order valence-electron chi connectivity index (χ3n) is 2.84. The van der Waals surface area contributed by atoms with Gasteiger partial charge in [-0.3, -0.25) is 9.59 Å². The number of carbonyl (C=O) groups is 2. The first-order valence-electron chi connectivity index (χ1n) is 4.84. The van der Waals surface area contributed by atoms with E-state index in [9.17, 15) is 9.59 Å². The van der Waals surface area contributed by atoms with E-state index in [-0.39, 0.29) is 6.42 Å². The van der Waals surface area contributed by atoms with E-state index in [2.05, 4.69) is 4.74 Å². The second kappa shape index (κ2) is 3.19. The molecule has 1 aliphatic rings. The molecule has 1 atom stereocenters. The third kappa shape index (κ3) is 1.54.